The number of benzene rings is 1. The molecule has 1 aromatic rings. The molecule has 0 aliphatic carbocycles. The Balaban J connectivity index is 2.36. The largest absolute Gasteiger partial charge is 0.373 e. The molecule has 7 heteroatoms. The predicted octanol–water partition coefficient (Wildman–Crippen LogP) is 1.12. The van der Waals surface area contributed by atoms with Crippen molar-refractivity contribution in [2.24, 2.45) is 0 Å². The molecule has 0 bridgehead atoms. The van der Waals surface area contributed by atoms with Crippen LogP contribution in [-0.4, -0.2) is 36.5 Å². The molecule has 1 heterocycles. The molecule has 1 fully saturated rings. The average Bonchev–Trinajstić information content (AvgIpc) is 2.83. The van der Waals surface area contributed by atoms with Gasteiger partial charge in [0.1, 0.15) is 5.69 Å². The summed E-state index contributed by atoms with van der Waals surface area (Å²) >= 11 is 0. The maximum Gasteiger partial charge on any atom is 0.292 e. The van der Waals surface area contributed by atoms with Gasteiger partial charge < -0.3 is 16.0 Å². The molecule has 20 heavy (non-hydrogen) atoms. The summed E-state index contributed by atoms with van der Waals surface area (Å²) in [6.45, 7) is 3.60. The standard InChI is InChI=1S/C13H18N4O3/c1-13(5-6-15-8-13)16-10-7-9(12(18)14-2)3-4-11(10)17(19)20/h3-4,7,15-16H,5-6,8H2,1-2H3,(H,14,18). The number of carbonyl (C=O) groups excluding carboxylic acids is 1. The van der Waals surface area contributed by atoms with Gasteiger partial charge in [0.25, 0.3) is 11.6 Å². The Morgan fingerprint density at radius 1 is 1.50 bits per heavy atom. The first-order valence-corrected chi connectivity index (χ1v) is 6.45. The van der Waals surface area contributed by atoms with Gasteiger partial charge in [0, 0.05) is 30.8 Å². The van der Waals surface area contributed by atoms with Crippen LogP contribution in [0.3, 0.4) is 0 Å². The van der Waals surface area contributed by atoms with Crippen LogP contribution in [0, 0.1) is 10.1 Å². The van der Waals surface area contributed by atoms with Crippen LogP contribution >= 0.6 is 0 Å². The molecule has 1 aromatic carbocycles. The van der Waals surface area contributed by atoms with Crippen molar-refractivity contribution in [3.63, 3.8) is 0 Å². The fourth-order valence-corrected chi connectivity index (χ4v) is 2.33. The van der Waals surface area contributed by atoms with Crippen molar-refractivity contribution in [1.82, 2.24) is 10.6 Å². The third kappa shape index (κ3) is 2.88. The number of nitro groups is 1. The molecule has 1 unspecified atom stereocenters. The lowest BCUT2D eigenvalue weighted by molar-refractivity contribution is -0.384. The Hall–Kier alpha value is -2.15. The number of anilines is 1. The number of amides is 1. The minimum absolute atomic E-state index is 0.0224. The lowest BCUT2D eigenvalue weighted by atomic mass is 10.0. The molecule has 0 aromatic heterocycles. The van der Waals surface area contributed by atoms with Crippen molar-refractivity contribution in [3.8, 4) is 0 Å². The van der Waals surface area contributed by atoms with Gasteiger partial charge >= 0.3 is 0 Å². The van der Waals surface area contributed by atoms with E-state index in [1.165, 1.54) is 25.2 Å². The second kappa shape index (κ2) is 5.46. The normalized spacial score (nSPS) is 21.5. The summed E-state index contributed by atoms with van der Waals surface area (Å²) in [5.41, 5.74) is 0.509. The maximum absolute atomic E-state index is 11.6. The van der Waals surface area contributed by atoms with E-state index in [1.54, 1.807) is 0 Å². The molecule has 0 spiro atoms. The molecule has 1 saturated heterocycles. The van der Waals surface area contributed by atoms with Gasteiger partial charge in [-0.3, -0.25) is 14.9 Å². The monoisotopic (exact) mass is 278 g/mol. The van der Waals surface area contributed by atoms with Gasteiger partial charge in [-0.1, -0.05) is 0 Å². The first-order valence-electron chi connectivity index (χ1n) is 6.45. The minimum atomic E-state index is -0.443. The number of nitro benzene ring substituents is 1. The molecular weight excluding hydrogens is 260 g/mol. The van der Waals surface area contributed by atoms with Gasteiger partial charge in [0.2, 0.25) is 0 Å². The van der Waals surface area contributed by atoms with E-state index in [2.05, 4.69) is 16.0 Å². The summed E-state index contributed by atoms with van der Waals surface area (Å²) in [7, 11) is 1.53. The molecule has 3 N–H and O–H groups in total. The number of rotatable bonds is 4. The second-order valence-electron chi connectivity index (χ2n) is 5.18. The fraction of sp³-hybridized carbons (Fsp3) is 0.462. The van der Waals surface area contributed by atoms with Gasteiger partial charge in [-0.15, -0.1) is 0 Å². The Bertz CT molecular complexity index is 538. The average molecular weight is 278 g/mol. The molecule has 1 aliphatic rings. The minimum Gasteiger partial charge on any atom is -0.373 e. The quantitative estimate of drug-likeness (QED) is 0.566. The van der Waals surface area contributed by atoms with E-state index in [9.17, 15) is 14.9 Å². The van der Waals surface area contributed by atoms with Crippen LogP contribution < -0.4 is 16.0 Å². The highest BCUT2D eigenvalue weighted by molar-refractivity contribution is 5.95. The first-order chi connectivity index (χ1) is 9.45. The number of hydrogen-bond acceptors (Lipinski definition) is 5. The van der Waals surface area contributed by atoms with E-state index in [0.717, 1.165) is 19.5 Å². The van der Waals surface area contributed by atoms with Gasteiger partial charge in [-0.2, -0.15) is 0 Å². The smallest absolute Gasteiger partial charge is 0.292 e. The maximum atomic E-state index is 11.6. The zero-order valence-corrected chi connectivity index (χ0v) is 11.5. The van der Waals surface area contributed by atoms with Crippen LogP contribution in [0.2, 0.25) is 0 Å². The third-order valence-electron chi connectivity index (χ3n) is 3.49. The number of nitrogens with one attached hydrogen (secondary N) is 3. The van der Waals surface area contributed by atoms with Crippen molar-refractivity contribution in [3.05, 3.63) is 33.9 Å². The van der Waals surface area contributed by atoms with Crippen LogP contribution in [0.4, 0.5) is 11.4 Å². The lowest BCUT2D eigenvalue weighted by Crippen LogP contribution is -2.37. The van der Waals surface area contributed by atoms with Crippen LogP contribution in [-0.2, 0) is 0 Å². The summed E-state index contributed by atoms with van der Waals surface area (Å²) in [4.78, 5) is 22.3. The third-order valence-corrected chi connectivity index (χ3v) is 3.49. The number of carbonyl (C=O) groups is 1. The van der Waals surface area contributed by atoms with Crippen molar-refractivity contribution >= 4 is 17.3 Å². The van der Waals surface area contributed by atoms with Crippen LogP contribution in [0.15, 0.2) is 18.2 Å². The van der Waals surface area contributed by atoms with E-state index in [4.69, 9.17) is 0 Å². The van der Waals surface area contributed by atoms with E-state index in [-0.39, 0.29) is 17.1 Å². The molecule has 108 valence electrons. The van der Waals surface area contributed by atoms with E-state index in [1.807, 2.05) is 6.92 Å². The molecular formula is C13H18N4O3. The van der Waals surface area contributed by atoms with Crippen LogP contribution in [0.25, 0.3) is 0 Å². The summed E-state index contributed by atoms with van der Waals surface area (Å²) in [5.74, 6) is -0.266. The van der Waals surface area contributed by atoms with Gasteiger partial charge in [-0.25, -0.2) is 0 Å². The molecule has 0 saturated carbocycles. The van der Waals surface area contributed by atoms with Gasteiger partial charge in [-0.05, 0) is 32.0 Å². The molecule has 2 rings (SSSR count). The predicted molar refractivity (Wildman–Crippen MR) is 76.0 cm³/mol. The van der Waals surface area contributed by atoms with Crippen molar-refractivity contribution in [2.75, 3.05) is 25.5 Å². The summed E-state index contributed by atoms with van der Waals surface area (Å²) in [6, 6.07) is 4.34. The Kier molecular flexibility index (Phi) is 3.89. The Morgan fingerprint density at radius 2 is 2.25 bits per heavy atom. The molecule has 7 nitrogen and oxygen atoms in total. The highest BCUT2D eigenvalue weighted by Gasteiger charge is 2.30. The molecule has 1 aliphatic heterocycles. The summed E-state index contributed by atoms with van der Waals surface area (Å²) in [5, 5.41) is 20.0. The second-order valence-corrected chi connectivity index (χ2v) is 5.18. The Labute approximate surface area is 116 Å². The van der Waals surface area contributed by atoms with Gasteiger partial charge in [0.15, 0.2) is 0 Å². The number of hydrogen-bond donors (Lipinski definition) is 3. The molecule has 1 atom stereocenters. The van der Waals surface area contributed by atoms with Crippen LogP contribution in [0.5, 0.6) is 0 Å². The summed E-state index contributed by atoms with van der Waals surface area (Å²) in [6.07, 6.45) is 0.869. The first kappa shape index (κ1) is 14.3. The zero-order chi connectivity index (χ0) is 14.8. The van der Waals surface area contributed by atoms with Crippen molar-refractivity contribution in [1.29, 1.82) is 0 Å². The fourth-order valence-electron chi connectivity index (χ4n) is 2.33. The van der Waals surface area contributed by atoms with Gasteiger partial charge in [0.05, 0.1) is 4.92 Å². The van der Waals surface area contributed by atoms with Crippen molar-refractivity contribution in [2.45, 2.75) is 18.9 Å². The molecule has 0 radical (unpaired) electrons. The van der Waals surface area contributed by atoms with E-state index in [0.29, 0.717) is 11.3 Å². The lowest BCUT2D eigenvalue weighted by Gasteiger charge is -2.25. The summed E-state index contributed by atoms with van der Waals surface area (Å²) < 4.78 is 0. The highest BCUT2D eigenvalue weighted by atomic mass is 16.6. The zero-order valence-electron chi connectivity index (χ0n) is 11.5. The van der Waals surface area contributed by atoms with Crippen LogP contribution in [0.1, 0.15) is 23.7 Å². The van der Waals surface area contributed by atoms with E-state index < -0.39 is 4.92 Å². The SMILES string of the molecule is CNC(=O)c1ccc([N+](=O)[O-])c(NC2(C)CCNC2)c1. The highest BCUT2D eigenvalue weighted by Crippen LogP contribution is 2.30. The topological polar surface area (TPSA) is 96.3 Å². The van der Waals surface area contributed by atoms with Crippen molar-refractivity contribution < 1.29 is 9.72 Å². The number of nitrogens with zero attached hydrogens (tertiary/aromatic N) is 1. The Morgan fingerprint density at radius 3 is 2.80 bits per heavy atom. The molecule has 1 amide bonds. The van der Waals surface area contributed by atoms with E-state index >= 15 is 0 Å².